The van der Waals surface area contributed by atoms with E-state index in [1.165, 1.54) is 16.5 Å². The molecule has 0 spiro atoms. The van der Waals surface area contributed by atoms with Crippen LogP contribution >= 0.6 is 23.1 Å². The highest BCUT2D eigenvalue weighted by Gasteiger charge is 2.10. The van der Waals surface area contributed by atoms with Crippen molar-refractivity contribution in [3.63, 3.8) is 0 Å². The second kappa shape index (κ2) is 4.72. The van der Waals surface area contributed by atoms with Crippen LogP contribution in [0.1, 0.15) is 5.69 Å². The minimum absolute atomic E-state index is 0.00387. The van der Waals surface area contributed by atoms with Gasteiger partial charge < -0.3 is 9.67 Å². The molecular weight excluding hydrogens is 266 g/mol. The van der Waals surface area contributed by atoms with Gasteiger partial charge in [0, 0.05) is 7.05 Å². The quantitative estimate of drug-likeness (QED) is 0.799. The number of fused-ring (bicyclic) bond motifs is 1. The van der Waals surface area contributed by atoms with Gasteiger partial charge in [0.15, 0.2) is 9.50 Å². The Morgan fingerprint density at radius 1 is 1.39 bits per heavy atom. The first-order chi connectivity index (χ1) is 8.78. The third kappa shape index (κ3) is 2.03. The number of imidazole rings is 1. The molecule has 0 unspecified atom stereocenters. The van der Waals surface area contributed by atoms with E-state index in [1.807, 2.05) is 29.8 Å². The van der Waals surface area contributed by atoms with Gasteiger partial charge in [-0.05, 0) is 23.9 Å². The van der Waals surface area contributed by atoms with Crippen molar-refractivity contribution in [1.29, 1.82) is 0 Å². The van der Waals surface area contributed by atoms with Crippen molar-refractivity contribution in [2.75, 3.05) is 0 Å². The Morgan fingerprint density at radius 3 is 2.94 bits per heavy atom. The van der Waals surface area contributed by atoms with Gasteiger partial charge in [0.25, 0.3) is 0 Å². The van der Waals surface area contributed by atoms with E-state index in [1.54, 1.807) is 17.5 Å². The number of benzene rings is 1. The molecule has 0 saturated heterocycles. The standard InChI is InChI=1S/C12H11N3OS2/c1-15-8(7-16)6-13-11(15)18-12-14-9-4-2-3-5-10(9)17-12/h2-6,16H,7H2,1H3. The van der Waals surface area contributed by atoms with Crippen molar-refractivity contribution in [2.24, 2.45) is 7.05 Å². The number of hydrogen-bond donors (Lipinski definition) is 1. The summed E-state index contributed by atoms with van der Waals surface area (Å²) in [5.74, 6) is 0. The summed E-state index contributed by atoms with van der Waals surface area (Å²) in [6.07, 6.45) is 1.69. The molecule has 1 aromatic carbocycles. The van der Waals surface area contributed by atoms with Crippen molar-refractivity contribution in [1.82, 2.24) is 14.5 Å². The summed E-state index contributed by atoms with van der Waals surface area (Å²) >= 11 is 3.18. The Labute approximate surface area is 112 Å². The van der Waals surface area contributed by atoms with E-state index < -0.39 is 0 Å². The van der Waals surface area contributed by atoms with Gasteiger partial charge >= 0.3 is 0 Å². The molecule has 0 aliphatic carbocycles. The van der Waals surface area contributed by atoms with Gasteiger partial charge in [-0.1, -0.05) is 12.1 Å². The smallest absolute Gasteiger partial charge is 0.175 e. The average molecular weight is 277 g/mol. The molecule has 0 radical (unpaired) electrons. The minimum atomic E-state index is 0.00387. The number of rotatable bonds is 3. The molecule has 0 bridgehead atoms. The molecule has 92 valence electrons. The summed E-state index contributed by atoms with van der Waals surface area (Å²) in [6.45, 7) is 0.00387. The lowest BCUT2D eigenvalue weighted by molar-refractivity contribution is 0.271. The SMILES string of the molecule is Cn1c(CO)cnc1Sc1nc2ccccc2s1. The van der Waals surface area contributed by atoms with Crippen LogP contribution < -0.4 is 0 Å². The normalized spacial score (nSPS) is 11.2. The summed E-state index contributed by atoms with van der Waals surface area (Å²) < 4.78 is 4.03. The molecule has 0 fully saturated rings. The number of nitrogens with zero attached hydrogens (tertiary/aromatic N) is 3. The summed E-state index contributed by atoms with van der Waals surface area (Å²) in [7, 11) is 1.90. The van der Waals surface area contributed by atoms with Gasteiger partial charge in [0.2, 0.25) is 0 Å². The number of aliphatic hydroxyl groups is 1. The molecule has 4 nitrogen and oxygen atoms in total. The Bertz CT molecular complexity index is 657. The molecule has 2 aromatic heterocycles. The second-order valence-electron chi connectivity index (χ2n) is 3.80. The zero-order valence-electron chi connectivity index (χ0n) is 9.70. The molecule has 0 aliphatic heterocycles. The van der Waals surface area contributed by atoms with Crippen LogP contribution in [0.2, 0.25) is 0 Å². The van der Waals surface area contributed by atoms with E-state index >= 15 is 0 Å². The number of aromatic nitrogens is 3. The Kier molecular flexibility index (Phi) is 3.07. The van der Waals surface area contributed by atoms with Crippen LogP contribution in [0.15, 0.2) is 40.0 Å². The van der Waals surface area contributed by atoms with E-state index in [-0.39, 0.29) is 6.61 Å². The van der Waals surface area contributed by atoms with E-state index in [9.17, 15) is 0 Å². The number of aliphatic hydroxyl groups excluding tert-OH is 1. The van der Waals surface area contributed by atoms with Crippen LogP contribution in [-0.4, -0.2) is 19.6 Å². The van der Waals surface area contributed by atoms with Crippen LogP contribution in [0.25, 0.3) is 10.2 Å². The number of para-hydroxylation sites is 1. The summed E-state index contributed by atoms with van der Waals surface area (Å²) in [5.41, 5.74) is 1.82. The lowest BCUT2D eigenvalue weighted by Gasteiger charge is -2.00. The predicted octanol–water partition coefficient (Wildman–Crippen LogP) is 2.67. The predicted molar refractivity (Wildman–Crippen MR) is 72.9 cm³/mol. The lowest BCUT2D eigenvalue weighted by Crippen LogP contribution is -1.96. The lowest BCUT2D eigenvalue weighted by atomic mass is 10.3. The van der Waals surface area contributed by atoms with Crippen LogP contribution in [0.5, 0.6) is 0 Å². The zero-order valence-corrected chi connectivity index (χ0v) is 11.3. The third-order valence-electron chi connectivity index (χ3n) is 2.66. The van der Waals surface area contributed by atoms with Crippen molar-refractivity contribution in [3.05, 3.63) is 36.2 Å². The van der Waals surface area contributed by atoms with Gasteiger partial charge in [-0.25, -0.2) is 9.97 Å². The third-order valence-corrected chi connectivity index (χ3v) is 4.82. The van der Waals surface area contributed by atoms with Gasteiger partial charge in [-0.3, -0.25) is 0 Å². The van der Waals surface area contributed by atoms with Crippen molar-refractivity contribution in [3.8, 4) is 0 Å². The van der Waals surface area contributed by atoms with Gasteiger partial charge in [0.1, 0.15) is 0 Å². The Hall–Kier alpha value is -1.37. The maximum atomic E-state index is 9.13. The fourth-order valence-corrected chi connectivity index (χ4v) is 3.66. The number of thiazole rings is 1. The van der Waals surface area contributed by atoms with E-state index in [4.69, 9.17) is 5.11 Å². The van der Waals surface area contributed by atoms with Gasteiger partial charge in [-0.2, -0.15) is 0 Å². The van der Waals surface area contributed by atoms with Crippen LogP contribution in [0.4, 0.5) is 0 Å². The van der Waals surface area contributed by atoms with E-state index in [0.717, 1.165) is 20.7 Å². The molecule has 0 aliphatic rings. The first-order valence-corrected chi connectivity index (χ1v) is 7.06. The summed E-state index contributed by atoms with van der Waals surface area (Å²) in [5, 5.41) is 9.97. The molecule has 2 heterocycles. The topological polar surface area (TPSA) is 50.9 Å². The molecule has 6 heteroatoms. The maximum absolute atomic E-state index is 9.13. The number of hydrogen-bond acceptors (Lipinski definition) is 5. The zero-order chi connectivity index (χ0) is 12.5. The van der Waals surface area contributed by atoms with Crippen LogP contribution in [-0.2, 0) is 13.7 Å². The first-order valence-electron chi connectivity index (χ1n) is 5.43. The molecule has 3 rings (SSSR count). The van der Waals surface area contributed by atoms with Crippen LogP contribution in [0, 0.1) is 0 Å². The highest BCUT2D eigenvalue weighted by atomic mass is 32.2. The van der Waals surface area contributed by atoms with E-state index in [0.29, 0.717) is 0 Å². The van der Waals surface area contributed by atoms with Crippen molar-refractivity contribution in [2.45, 2.75) is 16.1 Å². The fraction of sp³-hybridized carbons (Fsp3) is 0.167. The monoisotopic (exact) mass is 277 g/mol. The van der Waals surface area contributed by atoms with Crippen molar-refractivity contribution >= 4 is 33.3 Å². The Balaban J connectivity index is 1.93. The first kappa shape index (κ1) is 11.7. The fourth-order valence-electron chi connectivity index (χ4n) is 1.64. The minimum Gasteiger partial charge on any atom is -0.390 e. The molecule has 1 N–H and O–H groups in total. The molecular formula is C12H11N3OS2. The molecule has 18 heavy (non-hydrogen) atoms. The van der Waals surface area contributed by atoms with Gasteiger partial charge in [-0.15, -0.1) is 11.3 Å². The highest BCUT2D eigenvalue weighted by molar-refractivity contribution is 8.01. The Morgan fingerprint density at radius 2 is 2.22 bits per heavy atom. The molecule has 0 saturated carbocycles. The van der Waals surface area contributed by atoms with Crippen molar-refractivity contribution < 1.29 is 5.11 Å². The largest absolute Gasteiger partial charge is 0.390 e. The van der Waals surface area contributed by atoms with E-state index in [2.05, 4.69) is 16.0 Å². The average Bonchev–Trinajstić information content (AvgIpc) is 2.94. The van der Waals surface area contributed by atoms with Gasteiger partial charge in [0.05, 0.1) is 28.7 Å². The summed E-state index contributed by atoms with van der Waals surface area (Å²) in [4.78, 5) is 8.83. The summed E-state index contributed by atoms with van der Waals surface area (Å²) in [6, 6.07) is 8.07. The molecule has 0 atom stereocenters. The highest BCUT2D eigenvalue weighted by Crippen LogP contribution is 2.33. The molecule has 3 aromatic rings. The second-order valence-corrected chi connectivity index (χ2v) is 6.04. The van der Waals surface area contributed by atoms with Crippen LogP contribution in [0.3, 0.4) is 0 Å². The molecule has 0 amide bonds. The maximum Gasteiger partial charge on any atom is 0.175 e.